The van der Waals surface area contributed by atoms with Gasteiger partial charge in [0.15, 0.2) is 9.84 Å². The third-order valence-corrected chi connectivity index (χ3v) is 4.99. The van der Waals surface area contributed by atoms with Crippen LogP contribution in [-0.2, 0) is 21.1 Å². The number of halogens is 1. The zero-order valence-corrected chi connectivity index (χ0v) is 15.7. The molecule has 0 aliphatic rings. The zero-order chi connectivity index (χ0) is 18.4. The molecule has 2 rings (SSSR count). The number of likely N-dealkylation sites (N-methyl/N-ethyl adjacent to an activating group) is 1. The van der Waals surface area contributed by atoms with Crippen LogP contribution in [0.15, 0.2) is 53.4 Å². The highest BCUT2D eigenvalue weighted by atomic mass is 35.5. The first-order valence-electron chi connectivity index (χ1n) is 7.67. The van der Waals surface area contributed by atoms with E-state index in [1.54, 1.807) is 48.3 Å². The lowest BCUT2D eigenvalue weighted by molar-refractivity contribution is -0.129. The molecule has 0 aliphatic heterocycles. The summed E-state index contributed by atoms with van der Waals surface area (Å²) in [6.45, 7) is 0.794. The van der Waals surface area contributed by atoms with E-state index in [0.717, 1.165) is 11.8 Å². The van der Waals surface area contributed by atoms with Gasteiger partial charge in [0.05, 0.1) is 17.9 Å². The molecule has 2 aromatic carbocycles. The molecule has 134 valence electrons. The molecule has 0 bridgehead atoms. The number of ether oxygens (including phenoxy) is 1. The van der Waals surface area contributed by atoms with Crippen LogP contribution in [0.1, 0.15) is 5.56 Å². The van der Waals surface area contributed by atoms with Crippen molar-refractivity contribution in [1.29, 1.82) is 0 Å². The SMILES string of the molecule is CN(CCOc1cccc(Cl)c1)C(=O)Cc1ccc(S(C)(=O)=O)cc1. The molecule has 0 unspecified atom stereocenters. The van der Waals surface area contributed by atoms with Crippen LogP contribution in [0, 0.1) is 0 Å². The fourth-order valence-corrected chi connectivity index (χ4v) is 2.96. The van der Waals surface area contributed by atoms with Crippen molar-refractivity contribution in [2.24, 2.45) is 0 Å². The second-order valence-electron chi connectivity index (χ2n) is 5.71. The van der Waals surface area contributed by atoms with E-state index in [-0.39, 0.29) is 17.2 Å². The van der Waals surface area contributed by atoms with Gasteiger partial charge in [0.2, 0.25) is 5.91 Å². The predicted octanol–water partition coefficient (Wildman–Crippen LogP) is 2.82. The van der Waals surface area contributed by atoms with Crippen LogP contribution < -0.4 is 4.74 Å². The van der Waals surface area contributed by atoms with E-state index in [2.05, 4.69) is 0 Å². The number of carbonyl (C=O) groups is 1. The molecule has 7 heteroatoms. The smallest absolute Gasteiger partial charge is 0.226 e. The Morgan fingerprint density at radius 1 is 1.16 bits per heavy atom. The van der Waals surface area contributed by atoms with E-state index in [1.807, 2.05) is 0 Å². The highest BCUT2D eigenvalue weighted by Crippen LogP contribution is 2.17. The van der Waals surface area contributed by atoms with Gasteiger partial charge in [-0.05, 0) is 35.9 Å². The largest absolute Gasteiger partial charge is 0.492 e. The molecular formula is C18H20ClNO4S. The quantitative estimate of drug-likeness (QED) is 0.739. The highest BCUT2D eigenvalue weighted by Gasteiger charge is 2.11. The average molecular weight is 382 g/mol. The van der Waals surface area contributed by atoms with Crippen LogP contribution in [0.25, 0.3) is 0 Å². The van der Waals surface area contributed by atoms with E-state index in [0.29, 0.717) is 23.9 Å². The first-order chi connectivity index (χ1) is 11.8. The summed E-state index contributed by atoms with van der Waals surface area (Å²) in [4.78, 5) is 14.0. The van der Waals surface area contributed by atoms with Crippen LogP contribution in [0.2, 0.25) is 5.02 Å². The van der Waals surface area contributed by atoms with Crippen molar-refractivity contribution in [3.05, 3.63) is 59.1 Å². The molecule has 0 atom stereocenters. The fraction of sp³-hybridized carbons (Fsp3) is 0.278. The first-order valence-corrected chi connectivity index (χ1v) is 9.94. The molecule has 1 amide bonds. The summed E-state index contributed by atoms with van der Waals surface area (Å²) in [6, 6.07) is 13.4. The number of hydrogen-bond acceptors (Lipinski definition) is 4. The molecule has 0 fully saturated rings. The lowest BCUT2D eigenvalue weighted by atomic mass is 10.1. The van der Waals surface area contributed by atoms with Gasteiger partial charge in [0.25, 0.3) is 0 Å². The number of carbonyl (C=O) groups excluding carboxylic acids is 1. The van der Waals surface area contributed by atoms with Gasteiger partial charge in [-0.2, -0.15) is 0 Å². The molecule has 0 saturated heterocycles. The standard InChI is InChI=1S/C18H20ClNO4S/c1-20(10-11-24-16-5-3-4-15(19)13-16)18(21)12-14-6-8-17(9-7-14)25(2,22)23/h3-9,13H,10-12H2,1-2H3. The number of hydrogen-bond donors (Lipinski definition) is 0. The summed E-state index contributed by atoms with van der Waals surface area (Å²) in [6.07, 6.45) is 1.36. The molecule has 25 heavy (non-hydrogen) atoms. The Morgan fingerprint density at radius 3 is 2.44 bits per heavy atom. The molecule has 0 heterocycles. The summed E-state index contributed by atoms with van der Waals surface area (Å²) in [5, 5.41) is 0.597. The van der Waals surface area contributed by atoms with Gasteiger partial charge in [0.1, 0.15) is 12.4 Å². The van der Waals surface area contributed by atoms with Crippen molar-refractivity contribution >= 4 is 27.3 Å². The molecule has 0 radical (unpaired) electrons. The summed E-state index contributed by atoms with van der Waals surface area (Å²) >= 11 is 5.88. The minimum absolute atomic E-state index is 0.0678. The molecule has 0 aromatic heterocycles. The molecular weight excluding hydrogens is 362 g/mol. The van der Waals surface area contributed by atoms with Crippen LogP contribution in [-0.4, -0.2) is 45.7 Å². The van der Waals surface area contributed by atoms with Crippen molar-refractivity contribution in [3.8, 4) is 5.75 Å². The van der Waals surface area contributed by atoms with E-state index in [9.17, 15) is 13.2 Å². The Bertz CT molecular complexity index is 834. The lowest BCUT2D eigenvalue weighted by Crippen LogP contribution is -2.32. The Labute approximate surface area is 153 Å². The molecule has 5 nitrogen and oxygen atoms in total. The monoisotopic (exact) mass is 381 g/mol. The van der Waals surface area contributed by atoms with E-state index in [4.69, 9.17) is 16.3 Å². The first kappa shape index (κ1) is 19.3. The van der Waals surface area contributed by atoms with Gasteiger partial charge in [-0.1, -0.05) is 29.8 Å². The molecule has 2 aromatic rings. The Kier molecular flexibility index (Phi) is 6.45. The third kappa shape index (κ3) is 6.07. The van der Waals surface area contributed by atoms with Gasteiger partial charge >= 0.3 is 0 Å². The van der Waals surface area contributed by atoms with Crippen LogP contribution in [0.5, 0.6) is 5.75 Å². The van der Waals surface area contributed by atoms with Gasteiger partial charge in [0, 0.05) is 18.3 Å². The molecule has 0 N–H and O–H groups in total. The second kappa shape index (κ2) is 8.36. The number of nitrogens with zero attached hydrogens (tertiary/aromatic N) is 1. The third-order valence-electron chi connectivity index (χ3n) is 3.62. The lowest BCUT2D eigenvalue weighted by Gasteiger charge is -2.17. The molecule has 0 aliphatic carbocycles. The maximum atomic E-state index is 12.2. The van der Waals surface area contributed by atoms with Crippen LogP contribution >= 0.6 is 11.6 Å². The van der Waals surface area contributed by atoms with Gasteiger partial charge < -0.3 is 9.64 Å². The van der Waals surface area contributed by atoms with Gasteiger partial charge in [-0.25, -0.2) is 8.42 Å². The van der Waals surface area contributed by atoms with E-state index >= 15 is 0 Å². The minimum Gasteiger partial charge on any atom is -0.492 e. The van der Waals surface area contributed by atoms with Crippen molar-refractivity contribution in [3.63, 3.8) is 0 Å². The molecule has 0 saturated carbocycles. The van der Waals surface area contributed by atoms with Crippen molar-refractivity contribution < 1.29 is 17.9 Å². The second-order valence-corrected chi connectivity index (χ2v) is 8.17. The van der Waals surface area contributed by atoms with Gasteiger partial charge in [-0.15, -0.1) is 0 Å². The Morgan fingerprint density at radius 2 is 1.84 bits per heavy atom. The summed E-state index contributed by atoms with van der Waals surface area (Å²) in [7, 11) is -1.52. The number of amides is 1. The maximum Gasteiger partial charge on any atom is 0.226 e. The summed E-state index contributed by atoms with van der Waals surface area (Å²) < 4.78 is 28.4. The fourth-order valence-electron chi connectivity index (χ4n) is 2.15. The van der Waals surface area contributed by atoms with E-state index < -0.39 is 9.84 Å². The zero-order valence-electron chi connectivity index (χ0n) is 14.1. The Hall–Kier alpha value is -2.05. The topological polar surface area (TPSA) is 63.7 Å². The molecule has 0 spiro atoms. The summed E-state index contributed by atoms with van der Waals surface area (Å²) in [5.41, 5.74) is 0.764. The Balaban J connectivity index is 1.83. The minimum atomic E-state index is -3.23. The predicted molar refractivity (Wildman–Crippen MR) is 97.8 cm³/mol. The normalized spacial score (nSPS) is 11.2. The van der Waals surface area contributed by atoms with E-state index in [1.165, 1.54) is 12.1 Å². The van der Waals surface area contributed by atoms with Crippen LogP contribution in [0.3, 0.4) is 0 Å². The number of benzene rings is 2. The average Bonchev–Trinajstić information content (AvgIpc) is 2.54. The number of rotatable bonds is 7. The number of sulfone groups is 1. The van der Waals surface area contributed by atoms with Crippen molar-refractivity contribution in [1.82, 2.24) is 4.90 Å². The van der Waals surface area contributed by atoms with Crippen molar-refractivity contribution in [2.75, 3.05) is 26.5 Å². The van der Waals surface area contributed by atoms with Crippen molar-refractivity contribution in [2.45, 2.75) is 11.3 Å². The maximum absolute atomic E-state index is 12.2. The van der Waals surface area contributed by atoms with Gasteiger partial charge in [-0.3, -0.25) is 4.79 Å². The van der Waals surface area contributed by atoms with Crippen LogP contribution in [0.4, 0.5) is 0 Å². The highest BCUT2D eigenvalue weighted by molar-refractivity contribution is 7.90. The summed E-state index contributed by atoms with van der Waals surface area (Å²) in [5.74, 6) is 0.589.